The number of pyridine rings is 2. The van der Waals surface area contributed by atoms with Crippen LogP contribution < -0.4 is 10.2 Å². The van der Waals surface area contributed by atoms with Crippen molar-refractivity contribution in [3.8, 4) is 11.4 Å². The standard InChI is InChI=1S/C20H16N2O2/c1-13-5-7-14(8-6-13)22-18-10-9-15(24-2)12-17(18)19(23)16-4-3-11-21-20(16)22/h3-12H,1-2H3. The topological polar surface area (TPSA) is 44.1 Å². The molecule has 0 unspecified atom stereocenters. The molecule has 0 amide bonds. The molecule has 4 heteroatoms. The summed E-state index contributed by atoms with van der Waals surface area (Å²) in [5.74, 6) is 0.665. The second-order valence-electron chi connectivity index (χ2n) is 5.76. The normalized spacial score (nSPS) is 11.1. The van der Waals surface area contributed by atoms with Gasteiger partial charge in [0.1, 0.15) is 11.4 Å². The number of benzene rings is 2. The van der Waals surface area contributed by atoms with Gasteiger partial charge in [0.2, 0.25) is 0 Å². The summed E-state index contributed by atoms with van der Waals surface area (Å²) in [4.78, 5) is 17.4. The largest absolute Gasteiger partial charge is 0.497 e. The molecule has 4 aromatic rings. The van der Waals surface area contributed by atoms with Gasteiger partial charge in [0.25, 0.3) is 0 Å². The van der Waals surface area contributed by atoms with Crippen LogP contribution in [0.15, 0.2) is 65.6 Å². The second kappa shape index (κ2) is 5.49. The molecule has 118 valence electrons. The zero-order valence-electron chi connectivity index (χ0n) is 13.5. The highest BCUT2D eigenvalue weighted by Crippen LogP contribution is 2.25. The Morgan fingerprint density at radius 3 is 2.54 bits per heavy atom. The van der Waals surface area contributed by atoms with Crippen LogP contribution in [0.4, 0.5) is 0 Å². The van der Waals surface area contributed by atoms with Crippen molar-refractivity contribution in [2.75, 3.05) is 7.11 Å². The van der Waals surface area contributed by atoms with E-state index in [1.54, 1.807) is 25.4 Å². The molecule has 0 fully saturated rings. The third-order valence-electron chi connectivity index (χ3n) is 4.22. The van der Waals surface area contributed by atoms with Crippen LogP contribution in [0.25, 0.3) is 27.6 Å². The highest BCUT2D eigenvalue weighted by molar-refractivity contribution is 5.94. The Morgan fingerprint density at radius 1 is 1.00 bits per heavy atom. The minimum Gasteiger partial charge on any atom is -0.497 e. The van der Waals surface area contributed by atoms with E-state index in [-0.39, 0.29) is 5.43 Å². The van der Waals surface area contributed by atoms with Gasteiger partial charge in [0, 0.05) is 11.9 Å². The van der Waals surface area contributed by atoms with Gasteiger partial charge in [-0.25, -0.2) is 4.98 Å². The Balaban J connectivity index is 2.21. The Bertz CT molecular complexity index is 1110. The molecule has 0 spiro atoms. The summed E-state index contributed by atoms with van der Waals surface area (Å²) in [5, 5.41) is 1.22. The van der Waals surface area contributed by atoms with Gasteiger partial charge in [-0.05, 0) is 49.4 Å². The Kier molecular flexibility index (Phi) is 3.31. The minimum absolute atomic E-state index is 0.0321. The van der Waals surface area contributed by atoms with Gasteiger partial charge in [-0.15, -0.1) is 0 Å². The lowest BCUT2D eigenvalue weighted by atomic mass is 10.1. The number of methoxy groups -OCH3 is 1. The molecule has 0 aliphatic heterocycles. The molecule has 0 radical (unpaired) electrons. The van der Waals surface area contributed by atoms with Crippen LogP contribution in [0.3, 0.4) is 0 Å². The lowest BCUT2D eigenvalue weighted by Crippen LogP contribution is -2.11. The molecule has 2 aromatic carbocycles. The molecule has 0 saturated heterocycles. The third kappa shape index (κ3) is 2.15. The van der Waals surface area contributed by atoms with Crippen molar-refractivity contribution in [2.45, 2.75) is 6.92 Å². The van der Waals surface area contributed by atoms with E-state index in [9.17, 15) is 4.79 Å². The van der Waals surface area contributed by atoms with Gasteiger partial charge in [-0.2, -0.15) is 0 Å². The van der Waals surface area contributed by atoms with Gasteiger partial charge in [-0.1, -0.05) is 17.7 Å². The number of aromatic nitrogens is 2. The summed E-state index contributed by atoms with van der Waals surface area (Å²) < 4.78 is 7.31. The maximum Gasteiger partial charge on any atom is 0.199 e. The summed E-state index contributed by atoms with van der Waals surface area (Å²) in [5.41, 5.74) is 3.60. The van der Waals surface area contributed by atoms with E-state index in [1.165, 1.54) is 5.56 Å². The first-order chi connectivity index (χ1) is 11.7. The van der Waals surface area contributed by atoms with Gasteiger partial charge < -0.3 is 4.74 Å². The molecule has 2 aromatic heterocycles. The van der Waals surface area contributed by atoms with Crippen LogP contribution >= 0.6 is 0 Å². The van der Waals surface area contributed by atoms with E-state index >= 15 is 0 Å². The molecule has 24 heavy (non-hydrogen) atoms. The number of rotatable bonds is 2. The maximum absolute atomic E-state index is 12.9. The summed E-state index contributed by atoms with van der Waals surface area (Å²) in [7, 11) is 1.60. The Morgan fingerprint density at radius 2 is 1.79 bits per heavy atom. The number of ether oxygens (including phenoxy) is 1. The number of nitrogens with zero attached hydrogens (tertiary/aromatic N) is 2. The number of fused-ring (bicyclic) bond motifs is 2. The first-order valence-corrected chi connectivity index (χ1v) is 7.73. The van der Waals surface area contributed by atoms with Crippen LogP contribution in [0.2, 0.25) is 0 Å². The van der Waals surface area contributed by atoms with Crippen LogP contribution in [-0.2, 0) is 0 Å². The van der Waals surface area contributed by atoms with Crippen molar-refractivity contribution in [2.24, 2.45) is 0 Å². The molecule has 0 bridgehead atoms. The highest BCUT2D eigenvalue weighted by Gasteiger charge is 2.13. The van der Waals surface area contributed by atoms with Gasteiger partial charge in [0.15, 0.2) is 5.43 Å². The zero-order valence-corrected chi connectivity index (χ0v) is 13.5. The van der Waals surface area contributed by atoms with Crippen LogP contribution in [-0.4, -0.2) is 16.7 Å². The number of hydrogen-bond donors (Lipinski definition) is 0. The first kappa shape index (κ1) is 14.5. The third-order valence-corrected chi connectivity index (χ3v) is 4.22. The highest BCUT2D eigenvalue weighted by atomic mass is 16.5. The van der Waals surface area contributed by atoms with E-state index in [4.69, 9.17) is 4.74 Å². The van der Waals surface area contributed by atoms with E-state index in [0.717, 1.165) is 11.2 Å². The molecular formula is C20H16N2O2. The van der Waals surface area contributed by atoms with Crippen LogP contribution in [0, 0.1) is 6.92 Å². The van der Waals surface area contributed by atoms with Crippen molar-refractivity contribution in [3.63, 3.8) is 0 Å². The van der Waals surface area contributed by atoms with E-state index in [2.05, 4.69) is 24.0 Å². The Hall–Kier alpha value is -3.14. The first-order valence-electron chi connectivity index (χ1n) is 7.73. The fourth-order valence-corrected chi connectivity index (χ4v) is 2.99. The zero-order chi connectivity index (χ0) is 16.7. The maximum atomic E-state index is 12.9. The summed E-state index contributed by atoms with van der Waals surface area (Å²) in [6.45, 7) is 2.05. The van der Waals surface area contributed by atoms with Gasteiger partial charge in [0.05, 0.1) is 23.4 Å². The minimum atomic E-state index is -0.0321. The fourth-order valence-electron chi connectivity index (χ4n) is 2.99. The summed E-state index contributed by atoms with van der Waals surface area (Å²) >= 11 is 0. The van der Waals surface area contributed by atoms with E-state index in [1.807, 2.05) is 34.9 Å². The molecule has 4 rings (SSSR count). The van der Waals surface area contributed by atoms with E-state index in [0.29, 0.717) is 22.2 Å². The van der Waals surface area contributed by atoms with Crippen molar-refractivity contribution >= 4 is 21.9 Å². The number of hydrogen-bond acceptors (Lipinski definition) is 3. The average molecular weight is 316 g/mol. The van der Waals surface area contributed by atoms with Crippen molar-refractivity contribution < 1.29 is 4.74 Å². The SMILES string of the molecule is COc1ccc2c(c1)c(=O)c1cccnc1n2-c1ccc(C)cc1. The smallest absolute Gasteiger partial charge is 0.199 e. The monoisotopic (exact) mass is 316 g/mol. The molecular weight excluding hydrogens is 300 g/mol. The van der Waals surface area contributed by atoms with E-state index < -0.39 is 0 Å². The molecule has 0 N–H and O–H groups in total. The van der Waals surface area contributed by atoms with Crippen molar-refractivity contribution in [3.05, 3.63) is 76.6 Å². The van der Waals surface area contributed by atoms with Crippen LogP contribution in [0.1, 0.15) is 5.56 Å². The lowest BCUT2D eigenvalue weighted by molar-refractivity contribution is 0.415. The molecule has 2 heterocycles. The summed E-state index contributed by atoms with van der Waals surface area (Å²) in [6.07, 6.45) is 1.71. The quantitative estimate of drug-likeness (QED) is 0.528. The molecule has 0 atom stereocenters. The van der Waals surface area contributed by atoms with Crippen molar-refractivity contribution in [1.82, 2.24) is 9.55 Å². The Labute approximate surface area is 139 Å². The van der Waals surface area contributed by atoms with Crippen molar-refractivity contribution in [1.29, 1.82) is 0 Å². The second-order valence-corrected chi connectivity index (χ2v) is 5.76. The predicted octanol–water partition coefficient (Wildman–Crippen LogP) is 3.86. The van der Waals surface area contributed by atoms with Gasteiger partial charge in [-0.3, -0.25) is 9.36 Å². The molecule has 0 aliphatic carbocycles. The average Bonchev–Trinajstić information content (AvgIpc) is 2.63. The van der Waals surface area contributed by atoms with Crippen LogP contribution in [0.5, 0.6) is 5.75 Å². The molecule has 4 nitrogen and oxygen atoms in total. The fraction of sp³-hybridized carbons (Fsp3) is 0.100. The van der Waals surface area contributed by atoms with Gasteiger partial charge >= 0.3 is 0 Å². The molecule has 0 aliphatic rings. The number of aryl methyl sites for hydroxylation is 1. The lowest BCUT2D eigenvalue weighted by Gasteiger charge is -2.15. The predicted molar refractivity (Wildman–Crippen MR) is 96.1 cm³/mol. The summed E-state index contributed by atoms with van der Waals surface area (Å²) in [6, 6.07) is 17.3. The molecule has 0 saturated carbocycles.